The van der Waals surface area contributed by atoms with E-state index >= 15 is 0 Å². The lowest BCUT2D eigenvalue weighted by Gasteiger charge is -2.13. The number of amides is 1. The molecule has 0 saturated heterocycles. The number of pyridine rings is 1. The van der Waals surface area contributed by atoms with Gasteiger partial charge in [0, 0.05) is 6.42 Å². The number of aryl methyl sites for hydroxylation is 1. The Hall–Kier alpha value is -1.38. The maximum atomic E-state index is 10.8. The van der Waals surface area contributed by atoms with E-state index in [0.29, 0.717) is 5.69 Å². The Balaban J connectivity index is 2.40. The number of carbonyl (C=O) groups is 1. The van der Waals surface area contributed by atoms with E-state index in [2.05, 4.69) is 11.4 Å². The first-order valence-corrected chi connectivity index (χ1v) is 4.31. The lowest BCUT2D eigenvalue weighted by Crippen LogP contribution is -2.15. The van der Waals surface area contributed by atoms with Crippen LogP contribution in [0.15, 0.2) is 12.1 Å². The third-order valence-corrected chi connectivity index (χ3v) is 2.15. The fraction of sp³-hybridized carbons (Fsp3) is 0.300. The van der Waals surface area contributed by atoms with E-state index in [0.717, 1.165) is 30.5 Å². The molecule has 2 N–H and O–H groups in total. The monoisotopic (exact) mass is 174 g/mol. The SMILES string of the molecule is NC(=O)c1ccc2c(n1)[C]CCC2. The van der Waals surface area contributed by atoms with Gasteiger partial charge in [-0.05, 0) is 30.9 Å². The molecule has 1 aliphatic rings. The Bertz CT molecular complexity index is 347. The van der Waals surface area contributed by atoms with Gasteiger partial charge in [-0.25, -0.2) is 4.98 Å². The first-order valence-electron chi connectivity index (χ1n) is 4.31. The fourth-order valence-electron chi connectivity index (χ4n) is 1.47. The first kappa shape index (κ1) is 8.23. The van der Waals surface area contributed by atoms with E-state index in [9.17, 15) is 4.79 Å². The number of hydrogen-bond donors (Lipinski definition) is 1. The molecule has 0 aromatic carbocycles. The number of carbonyl (C=O) groups excluding carboxylic acids is 1. The van der Waals surface area contributed by atoms with Crippen molar-refractivity contribution >= 4 is 5.91 Å². The Labute approximate surface area is 77.0 Å². The average Bonchev–Trinajstić information content (AvgIpc) is 2.17. The Kier molecular flexibility index (Phi) is 2.00. The van der Waals surface area contributed by atoms with Crippen molar-refractivity contribution < 1.29 is 4.79 Å². The van der Waals surface area contributed by atoms with Crippen molar-refractivity contribution in [2.24, 2.45) is 5.73 Å². The molecule has 2 rings (SSSR count). The first-order chi connectivity index (χ1) is 6.27. The molecule has 2 radical (unpaired) electrons. The van der Waals surface area contributed by atoms with Crippen LogP contribution in [-0.2, 0) is 6.42 Å². The summed E-state index contributed by atoms with van der Waals surface area (Å²) < 4.78 is 0. The van der Waals surface area contributed by atoms with Gasteiger partial charge in [0.15, 0.2) is 0 Å². The quantitative estimate of drug-likeness (QED) is 0.689. The summed E-state index contributed by atoms with van der Waals surface area (Å²) in [6.07, 6.45) is 6.20. The third kappa shape index (κ3) is 1.54. The summed E-state index contributed by atoms with van der Waals surface area (Å²) in [7, 11) is 0. The van der Waals surface area contributed by atoms with Crippen LogP contribution in [0.5, 0.6) is 0 Å². The molecule has 0 saturated carbocycles. The third-order valence-electron chi connectivity index (χ3n) is 2.15. The normalized spacial score (nSPS) is 15.1. The molecule has 66 valence electrons. The van der Waals surface area contributed by atoms with Crippen LogP contribution in [-0.4, -0.2) is 10.9 Å². The molecule has 0 atom stereocenters. The van der Waals surface area contributed by atoms with Gasteiger partial charge < -0.3 is 5.73 Å². The smallest absolute Gasteiger partial charge is 0.267 e. The van der Waals surface area contributed by atoms with Crippen LogP contribution in [0.3, 0.4) is 0 Å². The highest BCUT2D eigenvalue weighted by atomic mass is 16.1. The molecule has 1 heterocycles. The standard InChI is InChI=1S/C10H10N2O/c11-10(13)9-6-5-7-3-1-2-4-8(7)12-9/h5-6H,1-3H2,(H2,11,13). The lowest BCUT2D eigenvalue weighted by atomic mass is 9.96. The van der Waals surface area contributed by atoms with Gasteiger partial charge in [-0.15, -0.1) is 0 Å². The van der Waals surface area contributed by atoms with E-state index in [4.69, 9.17) is 5.73 Å². The van der Waals surface area contributed by atoms with Crippen LogP contribution in [0.2, 0.25) is 0 Å². The average molecular weight is 174 g/mol. The number of hydrogen-bond acceptors (Lipinski definition) is 2. The van der Waals surface area contributed by atoms with Crippen molar-refractivity contribution in [2.45, 2.75) is 19.3 Å². The molecule has 0 unspecified atom stereocenters. The van der Waals surface area contributed by atoms with Crippen molar-refractivity contribution in [3.63, 3.8) is 0 Å². The Morgan fingerprint density at radius 3 is 3.15 bits per heavy atom. The molecule has 0 aliphatic heterocycles. The Morgan fingerprint density at radius 2 is 2.38 bits per heavy atom. The maximum Gasteiger partial charge on any atom is 0.267 e. The van der Waals surface area contributed by atoms with Gasteiger partial charge in [-0.2, -0.15) is 0 Å². The number of nitrogens with two attached hydrogens (primary N) is 1. The molecule has 0 spiro atoms. The molecule has 1 amide bonds. The topological polar surface area (TPSA) is 56.0 Å². The highest BCUT2D eigenvalue weighted by molar-refractivity contribution is 5.90. The van der Waals surface area contributed by atoms with E-state index in [1.54, 1.807) is 6.07 Å². The summed E-state index contributed by atoms with van der Waals surface area (Å²) in [5.74, 6) is -0.477. The number of aromatic nitrogens is 1. The van der Waals surface area contributed by atoms with Crippen LogP contribution >= 0.6 is 0 Å². The van der Waals surface area contributed by atoms with Crippen LogP contribution in [0.4, 0.5) is 0 Å². The molecule has 1 aliphatic carbocycles. The summed E-state index contributed by atoms with van der Waals surface area (Å²) in [5, 5.41) is 0. The van der Waals surface area contributed by atoms with E-state index in [1.807, 2.05) is 6.07 Å². The van der Waals surface area contributed by atoms with Crippen molar-refractivity contribution in [2.75, 3.05) is 0 Å². The molecular weight excluding hydrogens is 164 g/mol. The minimum absolute atomic E-state index is 0.327. The van der Waals surface area contributed by atoms with Crippen LogP contribution < -0.4 is 5.73 Å². The zero-order valence-electron chi connectivity index (χ0n) is 7.21. The summed E-state index contributed by atoms with van der Waals surface area (Å²) in [6, 6.07) is 3.59. The largest absolute Gasteiger partial charge is 0.364 e. The van der Waals surface area contributed by atoms with Gasteiger partial charge in [0.25, 0.3) is 5.91 Å². The molecule has 1 aromatic rings. The molecule has 13 heavy (non-hydrogen) atoms. The van der Waals surface area contributed by atoms with Gasteiger partial charge in [-0.1, -0.05) is 6.07 Å². The van der Waals surface area contributed by atoms with Crippen molar-refractivity contribution in [3.05, 3.63) is 35.5 Å². The van der Waals surface area contributed by atoms with Gasteiger partial charge in [0.2, 0.25) is 0 Å². The van der Waals surface area contributed by atoms with Crippen LogP contribution in [0.25, 0.3) is 0 Å². The van der Waals surface area contributed by atoms with E-state index in [1.165, 1.54) is 0 Å². The van der Waals surface area contributed by atoms with Gasteiger partial charge in [-0.3, -0.25) is 4.79 Å². The number of rotatable bonds is 1. The minimum Gasteiger partial charge on any atom is -0.364 e. The summed E-state index contributed by atoms with van der Waals surface area (Å²) in [5.41, 5.74) is 7.42. The highest BCUT2D eigenvalue weighted by Gasteiger charge is 2.12. The van der Waals surface area contributed by atoms with Gasteiger partial charge >= 0.3 is 0 Å². The maximum absolute atomic E-state index is 10.8. The second-order valence-corrected chi connectivity index (χ2v) is 3.10. The second kappa shape index (κ2) is 3.17. The summed E-state index contributed by atoms with van der Waals surface area (Å²) >= 11 is 0. The molecule has 3 nitrogen and oxygen atoms in total. The van der Waals surface area contributed by atoms with Gasteiger partial charge in [0.1, 0.15) is 5.69 Å². The lowest BCUT2D eigenvalue weighted by molar-refractivity contribution is 0.0995. The van der Waals surface area contributed by atoms with Crippen molar-refractivity contribution in [1.82, 2.24) is 4.98 Å². The molecule has 1 aromatic heterocycles. The summed E-state index contributed by atoms with van der Waals surface area (Å²) in [4.78, 5) is 14.9. The van der Waals surface area contributed by atoms with Crippen LogP contribution in [0, 0.1) is 6.42 Å². The number of fused-ring (bicyclic) bond motifs is 1. The second-order valence-electron chi connectivity index (χ2n) is 3.10. The van der Waals surface area contributed by atoms with Crippen molar-refractivity contribution in [3.8, 4) is 0 Å². The highest BCUT2D eigenvalue weighted by Crippen LogP contribution is 2.20. The van der Waals surface area contributed by atoms with Crippen LogP contribution in [0.1, 0.15) is 34.6 Å². The number of nitrogens with zero attached hydrogens (tertiary/aromatic N) is 1. The predicted octanol–water partition coefficient (Wildman–Crippen LogP) is 0.946. The van der Waals surface area contributed by atoms with Gasteiger partial charge in [0.05, 0.1) is 5.69 Å². The molecular formula is C10H10N2O. The Morgan fingerprint density at radius 1 is 1.54 bits per heavy atom. The minimum atomic E-state index is -0.477. The zero-order valence-corrected chi connectivity index (χ0v) is 7.21. The zero-order chi connectivity index (χ0) is 9.26. The summed E-state index contributed by atoms with van der Waals surface area (Å²) in [6.45, 7) is 0. The molecule has 3 heteroatoms. The molecule has 0 bridgehead atoms. The fourth-order valence-corrected chi connectivity index (χ4v) is 1.47. The molecule has 0 fully saturated rings. The van der Waals surface area contributed by atoms with E-state index < -0.39 is 5.91 Å². The number of primary amides is 1. The van der Waals surface area contributed by atoms with E-state index in [-0.39, 0.29) is 0 Å². The predicted molar refractivity (Wildman–Crippen MR) is 48.0 cm³/mol. The van der Waals surface area contributed by atoms with Crippen molar-refractivity contribution in [1.29, 1.82) is 0 Å².